The molecule has 2 atom stereocenters. The Balaban J connectivity index is 2.06. The third-order valence-corrected chi connectivity index (χ3v) is 7.47. The van der Waals surface area contributed by atoms with Crippen molar-refractivity contribution in [2.45, 2.75) is 31.8 Å². The predicted octanol–water partition coefficient (Wildman–Crippen LogP) is 5.53. The van der Waals surface area contributed by atoms with Crippen LogP contribution in [0.3, 0.4) is 0 Å². The monoisotopic (exact) mass is 416 g/mol. The summed E-state index contributed by atoms with van der Waals surface area (Å²) in [7, 11) is -1.77. The van der Waals surface area contributed by atoms with Crippen LogP contribution < -0.4 is 0 Å². The number of allylic oxidation sites excluding steroid dienone is 1. The van der Waals surface area contributed by atoms with Crippen LogP contribution in [0.15, 0.2) is 45.6 Å². The normalized spacial score (nSPS) is 29.6. The van der Waals surface area contributed by atoms with Gasteiger partial charge in [-0.3, -0.25) is 9.09 Å². The summed E-state index contributed by atoms with van der Waals surface area (Å²) in [5.41, 5.74) is 2.17. The van der Waals surface area contributed by atoms with E-state index < -0.39 is 7.60 Å². The highest BCUT2D eigenvalue weighted by molar-refractivity contribution is 14.1. The summed E-state index contributed by atoms with van der Waals surface area (Å²) in [4.78, 5) is 0. The average molecular weight is 416 g/mol. The number of benzene rings is 1. The highest BCUT2D eigenvalue weighted by atomic mass is 127. The van der Waals surface area contributed by atoms with Gasteiger partial charge in [0, 0.05) is 10.7 Å². The fraction of sp³-hybridized carbons (Fsp3) is 0.375. The van der Waals surface area contributed by atoms with Gasteiger partial charge in [-0.15, -0.1) is 0 Å². The van der Waals surface area contributed by atoms with E-state index in [4.69, 9.17) is 9.05 Å². The van der Waals surface area contributed by atoms with Crippen LogP contribution in [-0.4, -0.2) is 13.2 Å². The molecule has 0 saturated carbocycles. The van der Waals surface area contributed by atoms with Gasteiger partial charge in [0.25, 0.3) is 0 Å². The van der Waals surface area contributed by atoms with Crippen molar-refractivity contribution in [3.8, 4) is 0 Å². The van der Waals surface area contributed by atoms with E-state index in [0.717, 1.165) is 27.3 Å². The maximum atomic E-state index is 13.0. The van der Waals surface area contributed by atoms with E-state index in [0.29, 0.717) is 0 Å². The molecule has 0 saturated heterocycles. The van der Waals surface area contributed by atoms with Crippen molar-refractivity contribution in [1.29, 1.82) is 0 Å². The molecule has 2 unspecified atom stereocenters. The van der Waals surface area contributed by atoms with Crippen LogP contribution >= 0.6 is 30.2 Å². The van der Waals surface area contributed by atoms with Crippen LogP contribution in [0.2, 0.25) is 0 Å². The van der Waals surface area contributed by atoms with E-state index in [2.05, 4.69) is 28.7 Å². The lowest BCUT2D eigenvalue weighted by Crippen LogP contribution is -2.12. The second-order valence-corrected chi connectivity index (χ2v) is 8.43. The Hall–Kier alpha value is -0.420. The molecule has 0 fully saturated rings. The van der Waals surface area contributed by atoms with Gasteiger partial charge in [-0.25, -0.2) is 0 Å². The van der Waals surface area contributed by atoms with Crippen molar-refractivity contribution < 1.29 is 13.6 Å². The highest BCUT2D eigenvalue weighted by Gasteiger charge is 2.45. The zero-order valence-electron chi connectivity index (χ0n) is 11.9. The smallest absolute Gasteiger partial charge is 0.309 e. The van der Waals surface area contributed by atoms with Gasteiger partial charge in [-0.1, -0.05) is 36.4 Å². The molecule has 2 aliphatic rings. The number of rotatable bonds is 3. The summed E-state index contributed by atoms with van der Waals surface area (Å²) in [5.74, 6) is 0. The molecule has 0 aromatic heterocycles. The van der Waals surface area contributed by atoms with Gasteiger partial charge in [0.2, 0.25) is 0 Å². The lowest BCUT2D eigenvalue weighted by Gasteiger charge is -2.20. The number of halogens is 1. The van der Waals surface area contributed by atoms with Crippen LogP contribution in [0.5, 0.6) is 0 Å². The summed E-state index contributed by atoms with van der Waals surface area (Å²) < 4.78 is 25.2. The molecule has 0 N–H and O–H groups in total. The molecule has 1 aromatic carbocycles. The van der Waals surface area contributed by atoms with Gasteiger partial charge in [0.15, 0.2) is 0 Å². The largest absolute Gasteiger partial charge is 0.363 e. The van der Waals surface area contributed by atoms with E-state index >= 15 is 0 Å². The van der Waals surface area contributed by atoms with E-state index in [1.165, 1.54) is 25.5 Å². The number of hydrogen-bond acceptors (Lipinski definition) is 3. The van der Waals surface area contributed by atoms with Crippen molar-refractivity contribution in [3.05, 3.63) is 51.1 Å². The van der Waals surface area contributed by atoms with Gasteiger partial charge in [-0.2, -0.15) is 0 Å². The van der Waals surface area contributed by atoms with Crippen molar-refractivity contribution in [3.63, 3.8) is 0 Å². The average Bonchev–Trinajstić information content (AvgIpc) is 2.81. The van der Waals surface area contributed by atoms with Gasteiger partial charge in [0.1, 0.15) is 6.10 Å². The molecule has 0 amide bonds. The second-order valence-electron chi connectivity index (χ2n) is 5.25. The van der Waals surface area contributed by atoms with Crippen molar-refractivity contribution in [2.75, 3.05) is 7.11 Å². The molecule has 1 aromatic rings. The van der Waals surface area contributed by atoms with E-state index in [9.17, 15) is 4.57 Å². The molecule has 5 heteroatoms. The zero-order chi connectivity index (χ0) is 14.9. The Morgan fingerprint density at radius 1 is 1.29 bits per heavy atom. The SMILES string of the molecule is COP1(=O)OC(C2=CCCCC2)C(I)=C1c1ccccc1. The molecule has 3 nitrogen and oxygen atoms in total. The Kier molecular flexibility index (Phi) is 4.69. The predicted molar refractivity (Wildman–Crippen MR) is 93.4 cm³/mol. The topological polar surface area (TPSA) is 35.5 Å². The maximum Gasteiger partial charge on any atom is 0.363 e. The van der Waals surface area contributed by atoms with Crippen LogP contribution in [-0.2, 0) is 13.6 Å². The van der Waals surface area contributed by atoms with Crippen molar-refractivity contribution in [2.24, 2.45) is 0 Å². The number of hydrogen-bond donors (Lipinski definition) is 0. The first-order valence-corrected chi connectivity index (χ1v) is 9.76. The van der Waals surface area contributed by atoms with E-state index in [-0.39, 0.29) is 6.10 Å². The minimum Gasteiger partial charge on any atom is -0.309 e. The molecule has 0 radical (unpaired) electrons. The van der Waals surface area contributed by atoms with Crippen LogP contribution in [0.4, 0.5) is 0 Å². The lowest BCUT2D eigenvalue weighted by atomic mass is 9.95. The highest BCUT2D eigenvalue weighted by Crippen LogP contribution is 2.69. The third-order valence-electron chi connectivity index (χ3n) is 3.92. The standard InChI is InChI=1S/C16H18IO3P/c1-19-21(18)16(13-10-6-3-7-11-13)14(17)15(20-21)12-8-4-2-5-9-12/h3,6-8,10-11,15H,2,4-5,9H2,1H3. The summed E-state index contributed by atoms with van der Waals surface area (Å²) in [5, 5.41) is 0.725. The molecular weight excluding hydrogens is 398 g/mol. The molecule has 1 heterocycles. The molecule has 1 aliphatic carbocycles. The fourth-order valence-electron chi connectivity index (χ4n) is 2.85. The first kappa shape index (κ1) is 15.5. The molecule has 0 bridgehead atoms. The lowest BCUT2D eigenvalue weighted by molar-refractivity contribution is 0.228. The van der Waals surface area contributed by atoms with E-state index in [1.54, 1.807) is 0 Å². The van der Waals surface area contributed by atoms with Crippen molar-refractivity contribution in [1.82, 2.24) is 0 Å². The first-order valence-electron chi connectivity index (χ1n) is 7.14. The minimum absolute atomic E-state index is 0.202. The maximum absolute atomic E-state index is 13.0. The van der Waals surface area contributed by atoms with Gasteiger partial charge in [-0.05, 0) is 59.4 Å². The van der Waals surface area contributed by atoms with Crippen LogP contribution in [0, 0.1) is 0 Å². The molecule has 112 valence electrons. The molecule has 21 heavy (non-hydrogen) atoms. The molecule has 0 spiro atoms. The summed E-state index contributed by atoms with van der Waals surface area (Å²) in [6.07, 6.45) is 6.53. The van der Waals surface area contributed by atoms with Gasteiger partial charge < -0.3 is 4.52 Å². The fourth-order valence-corrected chi connectivity index (χ4v) is 6.51. The molecule has 3 rings (SSSR count). The molecule has 1 aliphatic heterocycles. The Labute approximate surface area is 139 Å². The Morgan fingerprint density at radius 3 is 2.67 bits per heavy atom. The Morgan fingerprint density at radius 2 is 2.05 bits per heavy atom. The molecular formula is C16H18IO3P. The third kappa shape index (κ3) is 2.91. The van der Waals surface area contributed by atoms with Crippen LogP contribution in [0.25, 0.3) is 5.31 Å². The summed E-state index contributed by atoms with van der Waals surface area (Å²) >= 11 is 2.27. The van der Waals surface area contributed by atoms with Gasteiger partial charge in [0.05, 0.1) is 5.31 Å². The summed E-state index contributed by atoms with van der Waals surface area (Å²) in [6.45, 7) is 0. The minimum atomic E-state index is -3.23. The van der Waals surface area contributed by atoms with Crippen LogP contribution in [0.1, 0.15) is 31.2 Å². The first-order chi connectivity index (χ1) is 10.2. The van der Waals surface area contributed by atoms with E-state index in [1.807, 2.05) is 30.3 Å². The van der Waals surface area contributed by atoms with Crippen molar-refractivity contribution >= 4 is 35.5 Å². The summed E-state index contributed by atoms with van der Waals surface area (Å²) in [6, 6.07) is 9.76. The second kappa shape index (κ2) is 6.37. The van der Waals surface area contributed by atoms with Gasteiger partial charge >= 0.3 is 7.60 Å². The Bertz CT molecular complexity index is 636. The zero-order valence-corrected chi connectivity index (χ0v) is 15.0. The quantitative estimate of drug-likeness (QED) is 0.369.